The van der Waals surface area contributed by atoms with Crippen LogP contribution in [0.1, 0.15) is 16.1 Å². The molecule has 28 heavy (non-hydrogen) atoms. The smallest absolute Gasteiger partial charge is 0.422 e. The maximum atomic E-state index is 13.3. The van der Waals surface area contributed by atoms with Gasteiger partial charge in [-0.2, -0.15) is 18.3 Å². The summed E-state index contributed by atoms with van der Waals surface area (Å²) in [6.07, 6.45) is -2.90. The van der Waals surface area contributed by atoms with Gasteiger partial charge in [-0.25, -0.2) is 9.07 Å². The minimum Gasteiger partial charge on any atom is -0.484 e. The van der Waals surface area contributed by atoms with E-state index in [1.165, 1.54) is 53.3 Å². The van der Waals surface area contributed by atoms with E-state index in [9.17, 15) is 22.4 Å². The average molecular weight is 393 g/mol. The molecule has 0 aliphatic rings. The van der Waals surface area contributed by atoms with Gasteiger partial charge in [0.1, 0.15) is 11.6 Å². The lowest BCUT2D eigenvalue weighted by atomic mass is 10.2. The molecule has 1 amide bonds. The largest absolute Gasteiger partial charge is 0.484 e. The average Bonchev–Trinajstić information content (AvgIpc) is 3.15. The second-order valence-corrected chi connectivity index (χ2v) is 5.86. The van der Waals surface area contributed by atoms with Gasteiger partial charge in [0, 0.05) is 12.7 Å². The van der Waals surface area contributed by atoms with Gasteiger partial charge >= 0.3 is 6.18 Å². The number of amides is 1. The Hall–Kier alpha value is -3.36. The van der Waals surface area contributed by atoms with E-state index in [2.05, 4.69) is 15.2 Å². The Labute approximate surface area is 157 Å². The molecule has 0 atom stereocenters. The lowest BCUT2D eigenvalue weighted by molar-refractivity contribution is -0.153. The molecular formula is C19H15F4N3O2. The predicted octanol–water partition coefficient (Wildman–Crippen LogP) is 3.88. The van der Waals surface area contributed by atoms with E-state index in [1.807, 2.05) is 0 Å². The summed E-state index contributed by atoms with van der Waals surface area (Å²) in [4.78, 5) is 12.2. The number of carbonyl (C=O) groups excluding carboxylic acids is 1. The molecule has 0 saturated carbocycles. The Morgan fingerprint density at radius 1 is 1.11 bits per heavy atom. The van der Waals surface area contributed by atoms with Crippen molar-refractivity contribution in [2.45, 2.75) is 12.7 Å². The fraction of sp³-hybridized carbons (Fsp3) is 0.158. The Morgan fingerprint density at radius 3 is 2.64 bits per heavy atom. The van der Waals surface area contributed by atoms with Crippen LogP contribution in [-0.2, 0) is 6.54 Å². The van der Waals surface area contributed by atoms with Crippen LogP contribution in [0, 0.1) is 5.82 Å². The van der Waals surface area contributed by atoms with Crippen LogP contribution >= 0.6 is 0 Å². The van der Waals surface area contributed by atoms with Crippen molar-refractivity contribution in [3.8, 4) is 11.4 Å². The second kappa shape index (κ2) is 8.12. The lowest BCUT2D eigenvalue weighted by Crippen LogP contribution is -2.23. The number of aromatic nitrogens is 2. The van der Waals surface area contributed by atoms with Gasteiger partial charge in [-0.05, 0) is 42.0 Å². The zero-order chi connectivity index (χ0) is 20.1. The maximum absolute atomic E-state index is 13.3. The Kier molecular flexibility index (Phi) is 5.62. The molecular weight excluding hydrogens is 378 g/mol. The van der Waals surface area contributed by atoms with Gasteiger partial charge in [0.15, 0.2) is 12.3 Å². The van der Waals surface area contributed by atoms with E-state index in [4.69, 9.17) is 0 Å². The predicted molar refractivity (Wildman–Crippen MR) is 92.7 cm³/mol. The van der Waals surface area contributed by atoms with E-state index in [-0.39, 0.29) is 18.0 Å². The molecule has 0 fully saturated rings. The molecule has 1 heterocycles. The molecule has 1 N–H and O–H groups in total. The summed E-state index contributed by atoms with van der Waals surface area (Å²) >= 11 is 0. The van der Waals surface area contributed by atoms with E-state index < -0.39 is 24.5 Å². The molecule has 2 aromatic carbocycles. The number of nitrogens with zero attached hydrogens (tertiary/aromatic N) is 2. The van der Waals surface area contributed by atoms with Crippen molar-refractivity contribution in [3.63, 3.8) is 0 Å². The van der Waals surface area contributed by atoms with Crippen LogP contribution in [0.2, 0.25) is 0 Å². The molecule has 146 valence electrons. The lowest BCUT2D eigenvalue weighted by Gasteiger charge is -2.10. The van der Waals surface area contributed by atoms with Gasteiger partial charge in [-0.3, -0.25) is 4.79 Å². The van der Waals surface area contributed by atoms with Crippen molar-refractivity contribution in [3.05, 3.63) is 77.9 Å². The molecule has 3 rings (SSSR count). The van der Waals surface area contributed by atoms with Gasteiger partial charge in [0.25, 0.3) is 5.91 Å². The first kappa shape index (κ1) is 19.4. The zero-order valence-corrected chi connectivity index (χ0v) is 14.4. The fourth-order valence-electron chi connectivity index (χ4n) is 2.39. The van der Waals surface area contributed by atoms with Gasteiger partial charge in [0.05, 0.1) is 5.69 Å². The molecule has 0 spiro atoms. The molecule has 0 unspecified atom stereocenters. The highest BCUT2D eigenvalue weighted by Gasteiger charge is 2.28. The Balaban J connectivity index is 1.60. The van der Waals surface area contributed by atoms with E-state index in [0.717, 1.165) is 0 Å². The minimum absolute atomic E-state index is 0.0551. The van der Waals surface area contributed by atoms with Crippen LogP contribution in [0.4, 0.5) is 17.6 Å². The highest BCUT2D eigenvalue weighted by Crippen LogP contribution is 2.19. The number of hydrogen-bond acceptors (Lipinski definition) is 3. The molecule has 0 bridgehead atoms. The topological polar surface area (TPSA) is 56.1 Å². The summed E-state index contributed by atoms with van der Waals surface area (Å²) < 4.78 is 56.0. The summed E-state index contributed by atoms with van der Waals surface area (Å²) in [6, 6.07) is 13.2. The summed E-state index contributed by atoms with van der Waals surface area (Å²) in [6.45, 7) is -1.31. The molecule has 0 saturated heterocycles. The number of carbonyl (C=O) groups is 1. The number of alkyl halides is 3. The van der Waals surface area contributed by atoms with Crippen LogP contribution < -0.4 is 10.1 Å². The minimum atomic E-state index is -4.43. The highest BCUT2D eigenvalue weighted by atomic mass is 19.4. The molecule has 0 radical (unpaired) electrons. The van der Waals surface area contributed by atoms with Gasteiger partial charge in [-0.1, -0.05) is 18.2 Å². The van der Waals surface area contributed by atoms with Gasteiger partial charge in [-0.15, -0.1) is 0 Å². The third-order valence-electron chi connectivity index (χ3n) is 3.65. The van der Waals surface area contributed by atoms with Crippen LogP contribution in [0.15, 0.2) is 60.8 Å². The number of nitrogens with one attached hydrogen (secondary N) is 1. The maximum Gasteiger partial charge on any atom is 0.422 e. The van der Waals surface area contributed by atoms with E-state index in [0.29, 0.717) is 11.3 Å². The molecule has 5 nitrogen and oxygen atoms in total. The second-order valence-electron chi connectivity index (χ2n) is 5.86. The van der Waals surface area contributed by atoms with Gasteiger partial charge in [0.2, 0.25) is 0 Å². The molecule has 0 aliphatic heterocycles. The number of halogens is 4. The first-order chi connectivity index (χ1) is 13.3. The standard InChI is InChI=1S/C19H15F4N3O2/c20-14-4-2-5-15(10-14)26-8-7-17(25-26)18(27)24-11-13-3-1-6-16(9-13)28-12-19(21,22)23/h1-10H,11-12H2,(H,24,27). The van der Waals surface area contributed by atoms with Crippen LogP contribution in [0.5, 0.6) is 5.75 Å². The Bertz CT molecular complexity index is 970. The van der Waals surface area contributed by atoms with Crippen molar-refractivity contribution in [2.24, 2.45) is 0 Å². The number of hydrogen-bond donors (Lipinski definition) is 1. The van der Waals surface area contributed by atoms with E-state index >= 15 is 0 Å². The van der Waals surface area contributed by atoms with Crippen LogP contribution in [-0.4, -0.2) is 28.5 Å². The molecule has 1 aromatic heterocycles. The van der Waals surface area contributed by atoms with Crippen LogP contribution in [0.3, 0.4) is 0 Å². The third-order valence-corrected chi connectivity index (χ3v) is 3.65. The van der Waals surface area contributed by atoms with Crippen molar-refractivity contribution >= 4 is 5.91 Å². The quantitative estimate of drug-likeness (QED) is 0.647. The normalized spacial score (nSPS) is 11.3. The summed E-state index contributed by atoms with van der Waals surface area (Å²) in [5.41, 5.74) is 1.15. The van der Waals surface area contributed by atoms with E-state index in [1.54, 1.807) is 12.1 Å². The fourth-order valence-corrected chi connectivity index (χ4v) is 2.39. The summed E-state index contributed by atoms with van der Waals surface area (Å²) in [5, 5.41) is 6.72. The summed E-state index contributed by atoms with van der Waals surface area (Å²) in [5.74, 6) is -0.845. The molecule has 0 aliphatic carbocycles. The first-order valence-electron chi connectivity index (χ1n) is 8.18. The number of ether oxygens (including phenoxy) is 1. The molecule has 9 heteroatoms. The van der Waals surface area contributed by atoms with Crippen LogP contribution in [0.25, 0.3) is 5.69 Å². The highest BCUT2D eigenvalue weighted by molar-refractivity contribution is 5.92. The SMILES string of the molecule is O=C(NCc1cccc(OCC(F)(F)F)c1)c1ccn(-c2cccc(F)c2)n1. The monoisotopic (exact) mass is 393 g/mol. The van der Waals surface area contributed by atoms with Crippen molar-refractivity contribution in [1.82, 2.24) is 15.1 Å². The van der Waals surface area contributed by atoms with Gasteiger partial charge < -0.3 is 10.1 Å². The summed E-state index contributed by atoms with van der Waals surface area (Å²) in [7, 11) is 0. The number of benzene rings is 2. The number of rotatable bonds is 6. The first-order valence-corrected chi connectivity index (χ1v) is 8.18. The Morgan fingerprint density at radius 2 is 1.89 bits per heavy atom. The van der Waals surface area contributed by atoms with Crippen molar-refractivity contribution < 1.29 is 27.1 Å². The van der Waals surface area contributed by atoms with Crippen molar-refractivity contribution in [2.75, 3.05) is 6.61 Å². The third kappa shape index (κ3) is 5.32. The van der Waals surface area contributed by atoms with Crippen molar-refractivity contribution in [1.29, 1.82) is 0 Å². The molecule has 3 aromatic rings. The zero-order valence-electron chi connectivity index (χ0n) is 14.4.